The van der Waals surface area contributed by atoms with Gasteiger partial charge in [-0.3, -0.25) is 4.79 Å². The van der Waals surface area contributed by atoms with E-state index in [9.17, 15) is 4.79 Å². The Hall–Kier alpha value is -2.29. The lowest BCUT2D eigenvalue weighted by molar-refractivity contribution is -0.142. The first-order valence-corrected chi connectivity index (χ1v) is 5.69. The van der Waals surface area contributed by atoms with Gasteiger partial charge in [-0.25, -0.2) is 0 Å². The molecule has 0 saturated carbocycles. The van der Waals surface area contributed by atoms with Crippen LogP contribution in [0.2, 0.25) is 0 Å². The molecule has 0 spiro atoms. The van der Waals surface area contributed by atoms with Crippen LogP contribution >= 0.6 is 0 Å². The Balaban J connectivity index is 1.97. The molecule has 2 aromatic rings. The van der Waals surface area contributed by atoms with Crippen LogP contribution in [0.25, 0.3) is 0 Å². The van der Waals surface area contributed by atoms with E-state index in [1.165, 1.54) is 6.92 Å². The molecular weight excluding hydrogens is 228 g/mol. The third-order valence-electron chi connectivity index (χ3n) is 2.34. The van der Waals surface area contributed by atoms with Crippen LogP contribution in [0.4, 0.5) is 0 Å². The number of ether oxygens (including phenoxy) is 2. The van der Waals surface area contributed by atoms with Gasteiger partial charge in [-0.1, -0.05) is 30.3 Å². The fourth-order valence-corrected chi connectivity index (χ4v) is 1.46. The molecule has 2 rings (SSSR count). The fraction of sp³-hybridized carbons (Fsp3) is 0.133. The first kappa shape index (κ1) is 12.2. The minimum Gasteiger partial charge on any atom is -0.461 e. The van der Waals surface area contributed by atoms with Crippen molar-refractivity contribution in [3.63, 3.8) is 0 Å². The minimum absolute atomic E-state index is 0.278. The van der Waals surface area contributed by atoms with Gasteiger partial charge in [-0.2, -0.15) is 0 Å². The number of hydrogen-bond acceptors (Lipinski definition) is 3. The lowest BCUT2D eigenvalue weighted by Gasteiger charge is -2.06. The highest BCUT2D eigenvalue weighted by Crippen LogP contribution is 2.21. The average Bonchev–Trinajstić information content (AvgIpc) is 2.39. The molecule has 0 amide bonds. The van der Waals surface area contributed by atoms with Gasteiger partial charge < -0.3 is 9.47 Å². The molecular formula is C15H14O3. The molecule has 3 heteroatoms. The summed E-state index contributed by atoms with van der Waals surface area (Å²) >= 11 is 0. The van der Waals surface area contributed by atoms with E-state index in [1.54, 1.807) is 0 Å². The van der Waals surface area contributed by atoms with Gasteiger partial charge in [0.15, 0.2) is 0 Å². The predicted octanol–water partition coefficient (Wildman–Crippen LogP) is 3.54. The quantitative estimate of drug-likeness (QED) is 0.769. The molecule has 0 aromatic heterocycles. The number of para-hydroxylation sites is 1. The van der Waals surface area contributed by atoms with Crippen molar-refractivity contribution in [3.8, 4) is 11.5 Å². The van der Waals surface area contributed by atoms with Crippen molar-refractivity contribution in [1.29, 1.82) is 0 Å². The molecule has 0 fully saturated rings. The van der Waals surface area contributed by atoms with Crippen molar-refractivity contribution in [2.24, 2.45) is 0 Å². The summed E-state index contributed by atoms with van der Waals surface area (Å²) < 4.78 is 10.6. The molecule has 0 aliphatic rings. The molecule has 92 valence electrons. The summed E-state index contributed by atoms with van der Waals surface area (Å²) in [5.41, 5.74) is 0.936. The molecule has 18 heavy (non-hydrogen) atoms. The summed E-state index contributed by atoms with van der Waals surface area (Å²) in [7, 11) is 0. The zero-order valence-electron chi connectivity index (χ0n) is 10.1. The van der Waals surface area contributed by atoms with E-state index < -0.39 is 0 Å². The monoisotopic (exact) mass is 242 g/mol. The second kappa shape index (κ2) is 5.87. The number of hydrogen-bond donors (Lipinski definition) is 0. The van der Waals surface area contributed by atoms with Crippen LogP contribution in [-0.4, -0.2) is 5.97 Å². The van der Waals surface area contributed by atoms with Gasteiger partial charge in [-0.05, 0) is 29.8 Å². The second-order valence-electron chi connectivity index (χ2n) is 3.84. The molecule has 2 aromatic carbocycles. The van der Waals surface area contributed by atoms with Crippen LogP contribution in [-0.2, 0) is 16.1 Å². The first-order chi connectivity index (χ1) is 8.74. The van der Waals surface area contributed by atoms with Crippen molar-refractivity contribution >= 4 is 5.97 Å². The van der Waals surface area contributed by atoms with E-state index in [-0.39, 0.29) is 5.97 Å². The summed E-state index contributed by atoms with van der Waals surface area (Å²) in [6.07, 6.45) is 0. The van der Waals surface area contributed by atoms with Crippen LogP contribution in [0.5, 0.6) is 11.5 Å². The van der Waals surface area contributed by atoms with Crippen molar-refractivity contribution in [2.45, 2.75) is 13.5 Å². The van der Waals surface area contributed by atoms with Crippen molar-refractivity contribution in [3.05, 3.63) is 60.2 Å². The van der Waals surface area contributed by atoms with Crippen LogP contribution in [0.1, 0.15) is 12.5 Å². The van der Waals surface area contributed by atoms with Crippen LogP contribution < -0.4 is 4.74 Å². The molecule has 0 bridgehead atoms. The highest BCUT2D eigenvalue weighted by atomic mass is 16.5. The summed E-state index contributed by atoms with van der Waals surface area (Å²) in [4.78, 5) is 10.7. The Kier molecular flexibility index (Phi) is 3.97. The van der Waals surface area contributed by atoms with Gasteiger partial charge in [0.2, 0.25) is 0 Å². The fourth-order valence-electron chi connectivity index (χ4n) is 1.46. The summed E-state index contributed by atoms with van der Waals surface area (Å²) in [6, 6.07) is 17.0. The van der Waals surface area contributed by atoms with E-state index in [0.717, 1.165) is 17.1 Å². The molecule has 0 atom stereocenters. The largest absolute Gasteiger partial charge is 0.461 e. The third-order valence-corrected chi connectivity index (χ3v) is 2.34. The van der Waals surface area contributed by atoms with Crippen LogP contribution in [0, 0.1) is 0 Å². The molecule has 3 nitrogen and oxygen atoms in total. The average molecular weight is 242 g/mol. The molecule has 0 radical (unpaired) electrons. The number of benzene rings is 2. The number of carbonyl (C=O) groups is 1. The van der Waals surface area contributed by atoms with E-state index in [4.69, 9.17) is 9.47 Å². The van der Waals surface area contributed by atoms with E-state index in [1.807, 2.05) is 54.6 Å². The van der Waals surface area contributed by atoms with Gasteiger partial charge in [0.1, 0.15) is 18.1 Å². The zero-order chi connectivity index (χ0) is 12.8. The number of esters is 1. The Morgan fingerprint density at radius 3 is 2.17 bits per heavy atom. The number of carbonyl (C=O) groups excluding carboxylic acids is 1. The van der Waals surface area contributed by atoms with Crippen molar-refractivity contribution < 1.29 is 14.3 Å². The van der Waals surface area contributed by atoms with E-state index >= 15 is 0 Å². The normalized spacial score (nSPS) is 9.83. The summed E-state index contributed by atoms with van der Waals surface area (Å²) in [6.45, 7) is 1.69. The zero-order valence-corrected chi connectivity index (χ0v) is 10.1. The number of rotatable bonds is 4. The van der Waals surface area contributed by atoms with Gasteiger partial charge in [-0.15, -0.1) is 0 Å². The maximum atomic E-state index is 10.7. The molecule has 0 saturated heterocycles. The first-order valence-electron chi connectivity index (χ1n) is 5.69. The Morgan fingerprint density at radius 2 is 1.56 bits per heavy atom. The molecule has 0 aliphatic heterocycles. The smallest absolute Gasteiger partial charge is 0.302 e. The van der Waals surface area contributed by atoms with E-state index in [0.29, 0.717) is 6.61 Å². The summed E-state index contributed by atoms with van der Waals surface area (Å²) in [5.74, 6) is 1.28. The van der Waals surface area contributed by atoms with Gasteiger partial charge >= 0.3 is 5.97 Å². The van der Waals surface area contributed by atoms with Gasteiger partial charge in [0, 0.05) is 6.92 Å². The Labute approximate surface area is 106 Å². The molecule has 0 unspecified atom stereocenters. The minimum atomic E-state index is -0.278. The predicted molar refractivity (Wildman–Crippen MR) is 68.4 cm³/mol. The van der Waals surface area contributed by atoms with E-state index in [2.05, 4.69) is 0 Å². The van der Waals surface area contributed by atoms with Gasteiger partial charge in [0.25, 0.3) is 0 Å². The molecule has 0 aliphatic carbocycles. The third kappa shape index (κ3) is 3.63. The van der Waals surface area contributed by atoms with Crippen LogP contribution in [0.3, 0.4) is 0 Å². The Morgan fingerprint density at radius 1 is 0.944 bits per heavy atom. The maximum Gasteiger partial charge on any atom is 0.302 e. The maximum absolute atomic E-state index is 10.7. The SMILES string of the molecule is CC(=O)OCc1ccc(Oc2ccccc2)cc1. The summed E-state index contributed by atoms with van der Waals surface area (Å²) in [5, 5.41) is 0. The van der Waals surface area contributed by atoms with Gasteiger partial charge in [0.05, 0.1) is 0 Å². The highest BCUT2D eigenvalue weighted by molar-refractivity contribution is 5.65. The Bertz CT molecular complexity index is 503. The molecule has 0 N–H and O–H groups in total. The lowest BCUT2D eigenvalue weighted by atomic mass is 10.2. The van der Waals surface area contributed by atoms with Crippen LogP contribution in [0.15, 0.2) is 54.6 Å². The van der Waals surface area contributed by atoms with Crippen molar-refractivity contribution in [1.82, 2.24) is 0 Å². The molecule has 0 heterocycles. The lowest BCUT2D eigenvalue weighted by Crippen LogP contribution is -1.98. The highest BCUT2D eigenvalue weighted by Gasteiger charge is 1.99. The second-order valence-corrected chi connectivity index (χ2v) is 3.84. The van der Waals surface area contributed by atoms with Crippen molar-refractivity contribution in [2.75, 3.05) is 0 Å². The standard InChI is InChI=1S/C15H14O3/c1-12(16)17-11-13-7-9-15(10-8-13)18-14-5-3-2-4-6-14/h2-10H,11H2,1H3. The topological polar surface area (TPSA) is 35.5 Å².